The van der Waals surface area contributed by atoms with Crippen molar-refractivity contribution in [3.8, 4) is 0 Å². The Morgan fingerprint density at radius 2 is 1.72 bits per heavy atom. The highest BCUT2D eigenvalue weighted by molar-refractivity contribution is 5.73. The van der Waals surface area contributed by atoms with Crippen LogP contribution in [0.4, 0.5) is 0 Å². The molecule has 1 amide bonds. The van der Waals surface area contributed by atoms with Gasteiger partial charge in [-0.1, -0.05) is 24.3 Å². The number of fused-ring (bicyclic) bond motifs is 4. The van der Waals surface area contributed by atoms with E-state index in [1.165, 1.54) is 37.1 Å². The quantitative estimate of drug-likeness (QED) is 0.793. The predicted octanol–water partition coefficient (Wildman–Crippen LogP) is 4.67. The molecule has 6 aliphatic rings. The molecule has 5 atom stereocenters. The summed E-state index contributed by atoms with van der Waals surface area (Å²) in [5.74, 6) is 4.31. The Morgan fingerprint density at radius 3 is 2.41 bits per heavy atom. The van der Waals surface area contributed by atoms with Crippen molar-refractivity contribution in [2.45, 2.75) is 75.8 Å². The molecule has 1 heterocycles. The van der Waals surface area contributed by atoms with Crippen molar-refractivity contribution >= 4 is 5.91 Å². The van der Waals surface area contributed by atoms with Crippen LogP contribution in [0.3, 0.4) is 0 Å². The summed E-state index contributed by atoms with van der Waals surface area (Å²) < 4.78 is 0. The van der Waals surface area contributed by atoms with Crippen molar-refractivity contribution in [1.82, 2.24) is 10.2 Å². The second kappa shape index (κ2) is 5.66. The number of likely N-dealkylation sites (tertiary alicyclic amines) is 1. The number of nitrogens with zero attached hydrogens (tertiary/aromatic N) is 1. The van der Waals surface area contributed by atoms with Crippen LogP contribution in [0, 0.1) is 29.1 Å². The molecule has 1 N–H and O–H groups in total. The zero-order valence-corrected chi connectivity index (χ0v) is 17.7. The average Bonchev–Trinajstić information content (AvgIpc) is 3.21. The van der Waals surface area contributed by atoms with E-state index in [4.69, 9.17) is 0 Å². The standard InChI is InChI=1S/C26H34N2O.H2/c1-16(29)27-23-15-25(22-5-3-2-4-21(22)23)6-8-28(9-7-25)24-17-10-19-12-20-11-18(24)14-26(19,20)13-17;/h2-5,17-20,23-24H,6-15H2,1H3,(H,27,29);1H/t17?,18?,19?,20?,23-,24?,26?;/m0./s1. The maximum absolute atomic E-state index is 11.8. The molecule has 156 valence electrons. The first kappa shape index (κ1) is 17.3. The number of hydrogen-bond acceptors (Lipinski definition) is 2. The fraction of sp³-hybridized carbons (Fsp3) is 0.731. The Kier molecular flexibility index (Phi) is 3.39. The van der Waals surface area contributed by atoms with Crippen molar-refractivity contribution in [2.24, 2.45) is 29.1 Å². The Balaban J connectivity index is 0.00000175. The normalized spacial score (nSPS) is 45.8. The molecule has 1 saturated heterocycles. The lowest BCUT2D eigenvalue weighted by Crippen LogP contribution is -2.52. The molecular formula is C26H36N2O. The highest BCUT2D eigenvalue weighted by Crippen LogP contribution is 2.76. The molecule has 2 spiro atoms. The van der Waals surface area contributed by atoms with Crippen LogP contribution in [0.5, 0.6) is 0 Å². The molecule has 1 aromatic rings. The van der Waals surface area contributed by atoms with E-state index in [0.29, 0.717) is 0 Å². The number of carbonyl (C=O) groups excluding carboxylic acids is 1. The van der Waals surface area contributed by atoms with Crippen LogP contribution in [0.1, 0.15) is 76.9 Å². The van der Waals surface area contributed by atoms with Gasteiger partial charge in [-0.3, -0.25) is 9.69 Å². The molecule has 7 rings (SSSR count). The third kappa shape index (κ3) is 2.16. The summed E-state index contributed by atoms with van der Waals surface area (Å²) in [6.07, 6.45) is 11.5. The van der Waals surface area contributed by atoms with Gasteiger partial charge in [0.25, 0.3) is 0 Å². The molecule has 4 unspecified atom stereocenters. The highest BCUT2D eigenvalue weighted by Gasteiger charge is 2.69. The van der Waals surface area contributed by atoms with E-state index in [-0.39, 0.29) is 18.8 Å². The van der Waals surface area contributed by atoms with E-state index in [9.17, 15) is 4.79 Å². The Morgan fingerprint density at radius 1 is 1.03 bits per heavy atom. The molecule has 29 heavy (non-hydrogen) atoms. The second-order valence-corrected chi connectivity index (χ2v) is 11.6. The van der Waals surface area contributed by atoms with Crippen molar-refractivity contribution in [1.29, 1.82) is 0 Å². The molecule has 3 heteroatoms. The first-order valence-electron chi connectivity index (χ1n) is 12.2. The highest BCUT2D eigenvalue weighted by atomic mass is 16.1. The number of nitrogens with one attached hydrogen (secondary N) is 1. The average molecular weight is 393 g/mol. The van der Waals surface area contributed by atoms with Gasteiger partial charge in [0.1, 0.15) is 0 Å². The maximum atomic E-state index is 11.8. The third-order valence-electron chi connectivity index (χ3n) is 10.7. The van der Waals surface area contributed by atoms with Gasteiger partial charge in [-0.2, -0.15) is 0 Å². The van der Waals surface area contributed by atoms with Crippen LogP contribution in [0.2, 0.25) is 0 Å². The fourth-order valence-corrected chi connectivity index (χ4v) is 9.77. The molecular weight excluding hydrogens is 356 g/mol. The summed E-state index contributed by atoms with van der Waals surface area (Å²) in [5.41, 5.74) is 4.03. The van der Waals surface area contributed by atoms with Gasteiger partial charge in [-0.05, 0) is 105 Å². The summed E-state index contributed by atoms with van der Waals surface area (Å²) in [4.78, 5) is 14.7. The monoisotopic (exact) mass is 392 g/mol. The lowest BCUT2D eigenvalue weighted by Gasteiger charge is -2.50. The van der Waals surface area contributed by atoms with Gasteiger partial charge < -0.3 is 5.32 Å². The van der Waals surface area contributed by atoms with E-state index < -0.39 is 0 Å². The van der Waals surface area contributed by atoms with Gasteiger partial charge in [0, 0.05) is 19.8 Å². The lowest BCUT2D eigenvalue weighted by molar-refractivity contribution is -0.119. The molecule has 0 radical (unpaired) electrons. The van der Waals surface area contributed by atoms with Gasteiger partial charge in [-0.15, -0.1) is 0 Å². The molecule has 4 saturated carbocycles. The number of hydrogen-bond donors (Lipinski definition) is 1. The third-order valence-corrected chi connectivity index (χ3v) is 10.7. The molecule has 5 fully saturated rings. The van der Waals surface area contributed by atoms with Crippen LogP contribution in [0.15, 0.2) is 24.3 Å². The number of benzene rings is 1. The van der Waals surface area contributed by atoms with Crippen LogP contribution >= 0.6 is 0 Å². The van der Waals surface area contributed by atoms with Crippen molar-refractivity contribution in [3.63, 3.8) is 0 Å². The van der Waals surface area contributed by atoms with Crippen LogP contribution < -0.4 is 5.32 Å². The Bertz CT molecular complexity index is 852. The van der Waals surface area contributed by atoms with Crippen molar-refractivity contribution < 1.29 is 6.22 Å². The van der Waals surface area contributed by atoms with Gasteiger partial charge in [-0.25, -0.2) is 0 Å². The van der Waals surface area contributed by atoms with Crippen LogP contribution in [-0.2, 0) is 10.2 Å². The Hall–Kier alpha value is -1.35. The summed E-state index contributed by atoms with van der Waals surface area (Å²) in [7, 11) is 0. The fourth-order valence-electron chi connectivity index (χ4n) is 9.77. The van der Waals surface area contributed by atoms with Gasteiger partial charge >= 0.3 is 0 Å². The largest absolute Gasteiger partial charge is 0.349 e. The molecule has 0 aromatic heterocycles. The number of rotatable bonds is 2. The first-order valence-corrected chi connectivity index (χ1v) is 12.2. The molecule has 5 aliphatic carbocycles. The lowest BCUT2D eigenvalue weighted by atomic mass is 9.56. The topological polar surface area (TPSA) is 32.3 Å². The SMILES string of the molecule is CC(=O)N[C@H]1CC2(CCN(C3C4CC5CC6CC3CC56C4)CC2)c2ccccc21.[HH]. The summed E-state index contributed by atoms with van der Waals surface area (Å²) in [5, 5.41) is 3.24. The van der Waals surface area contributed by atoms with E-state index in [1.54, 1.807) is 39.0 Å². The number of piperidine rings is 1. The van der Waals surface area contributed by atoms with Gasteiger partial charge in [0.05, 0.1) is 6.04 Å². The predicted molar refractivity (Wildman–Crippen MR) is 115 cm³/mol. The minimum atomic E-state index is 0. The van der Waals surface area contributed by atoms with E-state index in [0.717, 1.165) is 41.5 Å². The summed E-state index contributed by atoms with van der Waals surface area (Å²) >= 11 is 0. The second-order valence-electron chi connectivity index (χ2n) is 11.6. The van der Waals surface area contributed by atoms with E-state index in [1.807, 2.05) is 0 Å². The molecule has 1 aliphatic heterocycles. The minimum absolute atomic E-state index is 0. The Labute approximate surface area is 176 Å². The minimum Gasteiger partial charge on any atom is -0.349 e. The summed E-state index contributed by atoms with van der Waals surface area (Å²) in [6, 6.07) is 10.0. The van der Waals surface area contributed by atoms with Gasteiger partial charge in [0.2, 0.25) is 5.91 Å². The maximum Gasteiger partial charge on any atom is 0.217 e. The first-order chi connectivity index (χ1) is 14.1. The molecule has 3 nitrogen and oxygen atoms in total. The van der Waals surface area contributed by atoms with Crippen LogP contribution in [0.25, 0.3) is 0 Å². The summed E-state index contributed by atoms with van der Waals surface area (Å²) in [6.45, 7) is 4.19. The smallest absolute Gasteiger partial charge is 0.217 e. The van der Waals surface area contributed by atoms with Crippen molar-refractivity contribution in [2.75, 3.05) is 13.1 Å². The molecule has 3 bridgehead atoms. The number of carbonyl (C=O) groups is 1. The number of amides is 1. The molecule has 1 aromatic carbocycles. The zero-order valence-electron chi connectivity index (χ0n) is 17.7. The van der Waals surface area contributed by atoms with Gasteiger partial charge in [0.15, 0.2) is 0 Å². The van der Waals surface area contributed by atoms with Crippen LogP contribution in [-0.4, -0.2) is 29.9 Å². The van der Waals surface area contributed by atoms with E-state index >= 15 is 0 Å². The van der Waals surface area contributed by atoms with Crippen molar-refractivity contribution in [3.05, 3.63) is 35.4 Å². The zero-order chi connectivity index (χ0) is 19.4. The van der Waals surface area contributed by atoms with E-state index in [2.05, 4.69) is 34.5 Å².